The highest BCUT2D eigenvalue weighted by molar-refractivity contribution is 6.35. The molecule has 0 N–H and O–H groups in total. The van der Waals surface area contributed by atoms with Crippen LogP contribution in [0.5, 0.6) is 0 Å². The summed E-state index contributed by atoms with van der Waals surface area (Å²) in [6.07, 6.45) is 9.83. The van der Waals surface area contributed by atoms with Crippen molar-refractivity contribution in [3.05, 3.63) is 240 Å². The highest BCUT2D eigenvalue weighted by atomic mass is 15.0. The first kappa shape index (κ1) is 40.1. The molecule has 68 heavy (non-hydrogen) atoms. The van der Waals surface area contributed by atoms with E-state index in [1.807, 2.05) is 6.08 Å². The van der Waals surface area contributed by atoms with Crippen LogP contribution in [-0.4, -0.2) is 4.57 Å². The molecule has 1 nitrogen and oxygen atoms in total. The second-order valence-electron chi connectivity index (χ2n) is 19.6. The number of fused-ring (bicyclic) bond motifs is 14. The Bertz CT molecular complexity index is 3960. The van der Waals surface area contributed by atoms with Crippen molar-refractivity contribution in [1.29, 1.82) is 0 Å². The van der Waals surface area contributed by atoms with Crippen LogP contribution in [0.15, 0.2) is 212 Å². The number of hydrogen-bond acceptors (Lipinski definition) is 0. The van der Waals surface area contributed by atoms with E-state index in [0.717, 1.165) is 5.69 Å². The van der Waals surface area contributed by atoms with Gasteiger partial charge in [0.2, 0.25) is 0 Å². The Morgan fingerprint density at radius 2 is 1.10 bits per heavy atom. The topological polar surface area (TPSA) is 4.93 Å². The van der Waals surface area contributed by atoms with Gasteiger partial charge in [0.05, 0.1) is 11.0 Å². The fraction of sp³-hybridized carbons (Fsp3) is 0.104. The summed E-state index contributed by atoms with van der Waals surface area (Å²) in [7, 11) is 0. The third kappa shape index (κ3) is 5.84. The van der Waals surface area contributed by atoms with E-state index in [9.17, 15) is 0 Å². The van der Waals surface area contributed by atoms with E-state index in [1.165, 1.54) is 126 Å². The molecule has 2 aliphatic rings. The van der Waals surface area contributed by atoms with E-state index < -0.39 is 0 Å². The van der Waals surface area contributed by atoms with Crippen LogP contribution in [0.2, 0.25) is 0 Å². The molecule has 2 unspecified atom stereocenters. The standard InChI is InChI=1S/C67H49N/c1-6-7-19-49-41(2)57-38-47(32-35-56(57)64(42(49)3)46-28-26-44(27-29-46)43-17-9-8-10-18-43)45-30-33-48(34-31-45)68-62-37-36-55-52-22-12-11-20-50(52)51-21-13-14-24-54(51)65(55)66(62)59-39-58-53-23-15-16-25-60(53)67(4,5)61(58)40-63(59)68/h1,7-40,42,64H,2-5H3/b19-7-. The number of allylic oxidation sites excluding steroid dienone is 4. The van der Waals surface area contributed by atoms with E-state index in [2.05, 4.69) is 238 Å². The molecule has 1 heteroatoms. The summed E-state index contributed by atoms with van der Waals surface area (Å²) in [6, 6.07) is 72.8. The van der Waals surface area contributed by atoms with Gasteiger partial charge in [0, 0.05) is 33.2 Å². The number of terminal acetylenes is 1. The minimum absolute atomic E-state index is 0.131. The van der Waals surface area contributed by atoms with Crippen molar-refractivity contribution in [2.24, 2.45) is 5.92 Å². The zero-order valence-electron chi connectivity index (χ0n) is 38.8. The molecule has 2 aliphatic carbocycles. The maximum absolute atomic E-state index is 5.82. The lowest BCUT2D eigenvalue weighted by atomic mass is 9.69. The Kier molecular flexibility index (Phi) is 8.96. The Morgan fingerprint density at radius 3 is 1.84 bits per heavy atom. The van der Waals surface area contributed by atoms with E-state index in [1.54, 1.807) is 0 Å². The maximum Gasteiger partial charge on any atom is 0.0547 e. The zero-order chi connectivity index (χ0) is 45.8. The second kappa shape index (κ2) is 15.2. The first-order chi connectivity index (χ1) is 33.3. The molecule has 13 rings (SSSR count). The van der Waals surface area contributed by atoms with Crippen molar-refractivity contribution < 1.29 is 0 Å². The van der Waals surface area contributed by atoms with Crippen LogP contribution in [0.25, 0.3) is 98.8 Å². The minimum atomic E-state index is -0.131. The first-order valence-corrected chi connectivity index (χ1v) is 24.0. The van der Waals surface area contributed by atoms with Crippen molar-refractivity contribution >= 4 is 59.7 Å². The fourth-order valence-corrected chi connectivity index (χ4v) is 12.5. The van der Waals surface area contributed by atoms with Gasteiger partial charge in [-0.2, -0.15) is 0 Å². The molecule has 10 aromatic carbocycles. The van der Waals surface area contributed by atoms with E-state index in [0.29, 0.717) is 0 Å². The molecule has 0 radical (unpaired) electrons. The molecular weight excluding hydrogens is 819 g/mol. The van der Waals surface area contributed by atoms with Gasteiger partial charge in [0.15, 0.2) is 0 Å². The number of hydrogen-bond donors (Lipinski definition) is 0. The highest BCUT2D eigenvalue weighted by Gasteiger charge is 2.37. The van der Waals surface area contributed by atoms with Crippen LogP contribution < -0.4 is 0 Å². The maximum atomic E-state index is 5.82. The van der Waals surface area contributed by atoms with Crippen molar-refractivity contribution in [1.82, 2.24) is 4.57 Å². The summed E-state index contributed by atoms with van der Waals surface area (Å²) in [5.74, 6) is 3.20. The molecule has 0 fully saturated rings. The molecule has 0 aliphatic heterocycles. The van der Waals surface area contributed by atoms with Crippen LogP contribution in [0.1, 0.15) is 61.4 Å². The Labute approximate surface area is 398 Å². The third-order valence-electron chi connectivity index (χ3n) is 15.7. The van der Waals surface area contributed by atoms with Crippen LogP contribution in [-0.2, 0) is 5.41 Å². The summed E-state index contributed by atoms with van der Waals surface area (Å²) in [6.45, 7) is 9.38. The number of nitrogens with zero attached hydrogens (tertiary/aromatic N) is 1. The summed E-state index contributed by atoms with van der Waals surface area (Å²) < 4.78 is 2.52. The number of rotatable bonds is 5. The van der Waals surface area contributed by atoms with Gasteiger partial charge in [-0.1, -0.05) is 190 Å². The first-order valence-electron chi connectivity index (χ1n) is 24.0. The Morgan fingerprint density at radius 1 is 0.500 bits per heavy atom. The van der Waals surface area contributed by atoms with Gasteiger partial charge in [-0.05, 0) is 155 Å². The van der Waals surface area contributed by atoms with Gasteiger partial charge in [-0.15, -0.1) is 6.42 Å². The smallest absolute Gasteiger partial charge is 0.0547 e. The van der Waals surface area contributed by atoms with Gasteiger partial charge in [0.25, 0.3) is 0 Å². The minimum Gasteiger partial charge on any atom is -0.309 e. The molecular formula is C67H49N. The molecule has 11 aromatic rings. The average molecular weight is 868 g/mol. The van der Waals surface area contributed by atoms with Crippen LogP contribution >= 0.6 is 0 Å². The molecule has 2 atom stereocenters. The molecule has 0 spiro atoms. The van der Waals surface area contributed by atoms with Gasteiger partial charge >= 0.3 is 0 Å². The van der Waals surface area contributed by atoms with Crippen LogP contribution in [0, 0.1) is 18.3 Å². The molecule has 0 amide bonds. The third-order valence-corrected chi connectivity index (χ3v) is 15.7. The van der Waals surface area contributed by atoms with Crippen molar-refractivity contribution in [2.75, 3.05) is 0 Å². The van der Waals surface area contributed by atoms with Crippen LogP contribution in [0.3, 0.4) is 0 Å². The Balaban J connectivity index is 0.982. The van der Waals surface area contributed by atoms with Gasteiger partial charge < -0.3 is 4.57 Å². The van der Waals surface area contributed by atoms with Crippen molar-refractivity contribution in [3.63, 3.8) is 0 Å². The average Bonchev–Trinajstić information content (AvgIpc) is 3.83. The predicted octanol–water partition coefficient (Wildman–Crippen LogP) is 17.6. The van der Waals surface area contributed by atoms with E-state index in [-0.39, 0.29) is 17.3 Å². The summed E-state index contributed by atoms with van der Waals surface area (Å²) in [4.78, 5) is 0. The van der Waals surface area contributed by atoms with Crippen molar-refractivity contribution in [3.8, 4) is 51.4 Å². The monoisotopic (exact) mass is 867 g/mol. The van der Waals surface area contributed by atoms with E-state index in [4.69, 9.17) is 6.42 Å². The molecule has 0 bridgehead atoms. The lowest BCUT2D eigenvalue weighted by Gasteiger charge is -2.34. The lowest BCUT2D eigenvalue weighted by Crippen LogP contribution is -2.20. The number of aromatic nitrogens is 1. The fourth-order valence-electron chi connectivity index (χ4n) is 12.5. The predicted molar refractivity (Wildman–Crippen MR) is 290 cm³/mol. The largest absolute Gasteiger partial charge is 0.309 e. The quantitative estimate of drug-likeness (QED) is 0.120. The van der Waals surface area contributed by atoms with Gasteiger partial charge in [-0.3, -0.25) is 0 Å². The molecule has 0 saturated heterocycles. The summed E-state index contributed by atoms with van der Waals surface area (Å²) in [5, 5.41) is 10.4. The van der Waals surface area contributed by atoms with Crippen molar-refractivity contribution in [2.45, 2.75) is 39.0 Å². The summed E-state index contributed by atoms with van der Waals surface area (Å²) >= 11 is 0. The van der Waals surface area contributed by atoms with Crippen LogP contribution in [0.4, 0.5) is 0 Å². The molecule has 1 heterocycles. The summed E-state index contributed by atoms with van der Waals surface area (Å²) in [5.41, 5.74) is 20.3. The zero-order valence-corrected chi connectivity index (χ0v) is 38.8. The lowest BCUT2D eigenvalue weighted by molar-refractivity contribution is 0.593. The highest BCUT2D eigenvalue weighted by Crippen LogP contribution is 2.53. The van der Waals surface area contributed by atoms with E-state index >= 15 is 0 Å². The molecule has 0 saturated carbocycles. The normalized spacial score (nSPS) is 16.2. The van der Waals surface area contributed by atoms with Gasteiger partial charge in [0.1, 0.15) is 0 Å². The van der Waals surface area contributed by atoms with Gasteiger partial charge in [-0.25, -0.2) is 0 Å². The molecule has 1 aromatic heterocycles. The SMILES string of the molecule is C#C/C=C\C1=C(C)c2cc(-c3ccc(-n4c5cc6c(cc5c5c7c8ccccc8c8ccccc8c7ccc54)-c4ccccc4C6(C)C)cc3)ccc2C(c2ccc(-c3ccccc3)cc2)C1C. The Hall–Kier alpha value is -8.18. The number of benzene rings is 10. The second-order valence-corrected chi connectivity index (χ2v) is 19.6. The molecule has 322 valence electrons.